The van der Waals surface area contributed by atoms with E-state index in [-0.39, 0.29) is 22.4 Å². The predicted octanol–water partition coefficient (Wildman–Crippen LogP) is -0.767. The standard InChI is InChI=1S/2B.Hf.Ta. The molecule has 0 aliphatic rings. The van der Waals surface area contributed by atoms with E-state index in [9.17, 15) is 0 Å². The molecule has 0 aromatic carbocycles. The summed E-state index contributed by atoms with van der Waals surface area (Å²) in [7, 11) is 0. The van der Waals surface area contributed by atoms with E-state index in [1.165, 1.54) is 0 Å². The van der Waals surface area contributed by atoms with Crippen molar-refractivity contribution in [3.05, 3.63) is 0 Å². The van der Waals surface area contributed by atoms with Crippen LogP contribution in [0.2, 0.25) is 0 Å². The Morgan fingerprint density at radius 1 is 1.25 bits per heavy atom. The van der Waals surface area contributed by atoms with Crippen molar-refractivity contribution in [2.75, 3.05) is 0 Å². The summed E-state index contributed by atoms with van der Waals surface area (Å²) < 4.78 is 9.64. The van der Waals surface area contributed by atoms with Gasteiger partial charge >= 0.3 is 30.6 Å². The largest absolute Gasteiger partial charge is 0 e. The minimum atomic E-state index is -0.917. The van der Waals surface area contributed by atoms with Gasteiger partial charge in [0.2, 0.25) is 0 Å². The van der Waals surface area contributed by atoms with E-state index in [4.69, 9.17) is 9.56 Å². The Kier molecular flexibility index (Phi) is 20.4. The van der Waals surface area contributed by atoms with Gasteiger partial charge in [-0.2, -0.15) is 0 Å². The van der Waals surface area contributed by atoms with Crippen LogP contribution >= 0.6 is 0 Å². The fourth-order valence-electron chi connectivity index (χ4n) is 0. The minimum absolute atomic E-state index is 0. The molecule has 0 saturated heterocycles. The first-order chi connectivity index (χ1) is 1.41. The van der Waals surface area contributed by atoms with Crippen LogP contribution in [0, 0.1) is 0 Å². The quantitative estimate of drug-likeness (QED) is 0.484. The van der Waals surface area contributed by atoms with Crippen LogP contribution in [0.5, 0.6) is 0 Å². The van der Waals surface area contributed by atoms with Gasteiger partial charge in [-0.15, -0.1) is 0 Å². The van der Waals surface area contributed by atoms with Crippen molar-refractivity contribution in [3.63, 3.8) is 0 Å². The fourth-order valence-corrected chi connectivity index (χ4v) is 0. The SMILES string of the molecule is [B]#[Hf]#[B].[Ta]. The molecule has 0 rings (SSSR count). The Balaban J connectivity index is 0. The molecule has 0 spiro atoms. The summed E-state index contributed by atoms with van der Waals surface area (Å²) in [5.74, 6) is 0. The summed E-state index contributed by atoms with van der Waals surface area (Å²) in [6, 6.07) is 0. The molecule has 0 aliphatic carbocycles. The van der Waals surface area contributed by atoms with Gasteiger partial charge in [0.15, 0.2) is 0 Å². The third kappa shape index (κ3) is 9.27. The second-order valence-electron chi connectivity index (χ2n) is 0.167. The van der Waals surface area contributed by atoms with Crippen LogP contribution in [-0.4, -0.2) is 9.56 Å². The molecule has 15 valence electrons. The Morgan fingerprint density at radius 3 is 1.25 bits per heavy atom. The zero-order valence-electron chi connectivity index (χ0n) is 2.10. The normalized spacial score (nSPS) is 6.00. The number of hydrogen-bond acceptors (Lipinski definition) is 0. The van der Waals surface area contributed by atoms with Crippen LogP contribution in [0.25, 0.3) is 0 Å². The molecule has 0 aromatic rings. The van der Waals surface area contributed by atoms with Gasteiger partial charge in [0, 0.05) is 22.4 Å². The smallest absolute Gasteiger partial charge is 0 e. The van der Waals surface area contributed by atoms with Crippen LogP contribution in [0.1, 0.15) is 0 Å². The van der Waals surface area contributed by atoms with Crippen LogP contribution in [0.4, 0.5) is 0 Å². The van der Waals surface area contributed by atoms with Crippen molar-refractivity contribution < 1.29 is 43.4 Å². The second-order valence-corrected chi connectivity index (χ2v) is 1.36. The molecule has 4 heavy (non-hydrogen) atoms. The Labute approximate surface area is 52.5 Å². The van der Waals surface area contributed by atoms with Crippen molar-refractivity contribution >= 4 is 9.56 Å². The second kappa shape index (κ2) is 8.83. The van der Waals surface area contributed by atoms with Crippen molar-refractivity contribution in [1.29, 1.82) is 0 Å². The van der Waals surface area contributed by atoms with E-state index >= 15 is 0 Å². The summed E-state index contributed by atoms with van der Waals surface area (Å²) in [6.45, 7) is 0. The summed E-state index contributed by atoms with van der Waals surface area (Å²) in [4.78, 5) is 0. The van der Waals surface area contributed by atoms with Gasteiger partial charge in [-0.3, -0.25) is 0 Å². The summed E-state index contributed by atoms with van der Waals surface area (Å²) in [6.07, 6.45) is 0. The molecule has 4 heteroatoms. The maximum absolute atomic E-state index is 4.82. The van der Waals surface area contributed by atoms with Crippen LogP contribution in [0.3, 0.4) is 0 Å². The minimum Gasteiger partial charge on any atom is 0 e. The summed E-state index contributed by atoms with van der Waals surface area (Å²) in [5.41, 5.74) is 0. The van der Waals surface area contributed by atoms with E-state index in [1.807, 2.05) is 0 Å². The van der Waals surface area contributed by atoms with Gasteiger partial charge in [-0.25, -0.2) is 0 Å². The zero-order chi connectivity index (χ0) is 2.71. The molecule has 0 aromatic heterocycles. The monoisotopic (exact) mass is 383 g/mol. The van der Waals surface area contributed by atoms with E-state index < -0.39 is 21.0 Å². The van der Waals surface area contributed by atoms with Crippen LogP contribution < -0.4 is 0 Å². The van der Waals surface area contributed by atoms with Crippen molar-refractivity contribution in [2.24, 2.45) is 0 Å². The average molecular weight is 381 g/mol. The van der Waals surface area contributed by atoms with Crippen LogP contribution in [-0.2, 0) is 43.4 Å². The van der Waals surface area contributed by atoms with E-state index in [0.717, 1.165) is 0 Å². The number of rotatable bonds is 0. The van der Waals surface area contributed by atoms with Gasteiger partial charge in [0.1, 0.15) is 0 Å². The summed E-state index contributed by atoms with van der Waals surface area (Å²) >= 11 is -0.917. The molecule has 0 bridgehead atoms. The van der Waals surface area contributed by atoms with Gasteiger partial charge in [-0.05, 0) is 0 Å². The van der Waals surface area contributed by atoms with Crippen LogP contribution in [0.15, 0.2) is 0 Å². The maximum atomic E-state index is 4.82. The molecule has 0 N–H and O–H groups in total. The molecule has 0 heterocycles. The van der Waals surface area contributed by atoms with Crippen molar-refractivity contribution in [3.8, 4) is 0 Å². The summed E-state index contributed by atoms with van der Waals surface area (Å²) in [5, 5.41) is 0. The average Bonchev–Trinajstić information content (AvgIpc) is 0.918. The van der Waals surface area contributed by atoms with E-state index in [1.54, 1.807) is 0 Å². The first-order valence-corrected chi connectivity index (χ1v) is 4.73. The third-order valence-corrected chi connectivity index (χ3v) is 0. The first-order valence-electron chi connectivity index (χ1n) is 0.577. The molecular formula is B2HfTa. The molecule has 0 unspecified atom stereocenters. The van der Waals surface area contributed by atoms with E-state index in [0.29, 0.717) is 0 Å². The molecule has 0 aliphatic heterocycles. The van der Waals surface area contributed by atoms with Crippen molar-refractivity contribution in [2.45, 2.75) is 0 Å². The third-order valence-electron chi connectivity index (χ3n) is 0. The Morgan fingerprint density at radius 2 is 1.25 bits per heavy atom. The number of hydrogen-bond donors (Lipinski definition) is 0. The van der Waals surface area contributed by atoms with Gasteiger partial charge in [-0.1, -0.05) is 0 Å². The first kappa shape index (κ1) is 9.22. The zero-order valence-corrected chi connectivity index (χ0v) is 8.91. The molecule has 0 saturated carbocycles. The molecule has 0 atom stereocenters. The molecular weight excluding hydrogens is 381 g/mol. The fraction of sp³-hybridized carbons (Fsp3) is 0. The van der Waals surface area contributed by atoms with Gasteiger partial charge < -0.3 is 0 Å². The van der Waals surface area contributed by atoms with Gasteiger partial charge in [0.05, 0.1) is 0 Å². The van der Waals surface area contributed by atoms with Gasteiger partial charge in [0.25, 0.3) is 0 Å². The Hall–Kier alpha value is 1.74. The van der Waals surface area contributed by atoms with Crippen molar-refractivity contribution in [1.82, 2.24) is 0 Å². The maximum Gasteiger partial charge on any atom is 0 e. The molecule has 0 amide bonds. The molecule has 0 nitrogen and oxygen atoms in total. The Bertz CT molecular complexity index is 79.2. The molecule has 0 fully saturated rings. The topological polar surface area (TPSA) is 0 Å². The van der Waals surface area contributed by atoms with E-state index in [2.05, 4.69) is 0 Å². The predicted molar refractivity (Wildman–Crippen MR) is 11.5 cm³/mol. The molecule has 1 radical (unpaired) electrons.